The lowest BCUT2D eigenvalue weighted by atomic mass is 10.0. The molecule has 2 amide bonds. The van der Waals surface area contributed by atoms with Gasteiger partial charge in [0.05, 0.1) is 11.3 Å². The smallest absolute Gasteiger partial charge is 0.282 e. The van der Waals surface area contributed by atoms with E-state index in [-0.39, 0.29) is 11.8 Å². The number of rotatable bonds is 5. The van der Waals surface area contributed by atoms with Crippen molar-refractivity contribution in [1.82, 2.24) is 0 Å². The second-order valence-electron chi connectivity index (χ2n) is 8.75. The number of nitrogens with zero attached hydrogens (tertiary/aromatic N) is 1. The predicted molar refractivity (Wildman–Crippen MR) is 131 cm³/mol. The quantitative estimate of drug-likeness (QED) is 0.501. The van der Waals surface area contributed by atoms with Crippen LogP contribution in [0.15, 0.2) is 72.4 Å². The van der Waals surface area contributed by atoms with Crippen LogP contribution in [-0.4, -0.2) is 11.8 Å². The number of hydrogen-bond acceptors (Lipinski definition) is 3. The highest BCUT2D eigenvalue weighted by atomic mass is 16.2. The van der Waals surface area contributed by atoms with Crippen molar-refractivity contribution in [3.8, 4) is 0 Å². The third-order valence-corrected chi connectivity index (χ3v) is 5.86. The van der Waals surface area contributed by atoms with Crippen LogP contribution in [0.3, 0.4) is 0 Å². The first kappa shape index (κ1) is 21.6. The number of aryl methyl sites for hydroxylation is 3. The molecule has 1 heterocycles. The van der Waals surface area contributed by atoms with Crippen LogP contribution in [0, 0.1) is 20.8 Å². The van der Waals surface area contributed by atoms with E-state index in [4.69, 9.17) is 0 Å². The van der Waals surface area contributed by atoms with Gasteiger partial charge in [-0.3, -0.25) is 9.59 Å². The van der Waals surface area contributed by atoms with Crippen LogP contribution in [0.5, 0.6) is 0 Å². The fourth-order valence-electron chi connectivity index (χ4n) is 4.00. The summed E-state index contributed by atoms with van der Waals surface area (Å²) in [6.45, 7) is 10.2. The molecule has 0 aliphatic carbocycles. The minimum Gasteiger partial charge on any atom is -0.350 e. The predicted octanol–water partition coefficient (Wildman–Crippen LogP) is 6.13. The molecule has 1 N–H and O–H groups in total. The molecule has 0 aromatic heterocycles. The Bertz CT molecular complexity index is 1220. The van der Waals surface area contributed by atoms with Gasteiger partial charge in [-0.05, 0) is 61.6 Å². The van der Waals surface area contributed by atoms with E-state index in [1.165, 1.54) is 10.5 Å². The summed E-state index contributed by atoms with van der Waals surface area (Å²) in [5.41, 5.74) is 7.09. The zero-order valence-electron chi connectivity index (χ0n) is 19.2. The number of carbonyl (C=O) groups excluding carboxylic acids is 2. The molecule has 0 saturated carbocycles. The number of benzene rings is 3. The molecule has 0 atom stereocenters. The van der Waals surface area contributed by atoms with Crippen molar-refractivity contribution < 1.29 is 9.59 Å². The highest BCUT2D eigenvalue weighted by Gasteiger charge is 2.40. The Kier molecular flexibility index (Phi) is 5.70. The van der Waals surface area contributed by atoms with Gasteiger partial charge in [-0.15, -0.1) is 0 Å². The van der Waals surface area contributed by atoms with Crippen LogP contribution < -0.4 is 10.2 Å². The lowest BCUT2D eigenvalue weighted by molar-refractivity contribution is -0.120. The fourth-order valence-corrected chi connectivity index (χ4v) is 4.00. The van der Waals surface area contributed by atoms with E-state index in [9.17, 15) is 9.59 Å². The molecule has 0 radical (unpaired) electrons. The van der Waals surface area contributed by atoms with E-state index in [0.29, 0.717) is 22.9 Å². The fraction of sp³-hybridized carbons (Fsp3) is 0.214. The summed E-state index contributed by atoms with van der Waals surface area (Å²) >= 11 is 0. The van der Waals surface area contributed by atoms with Crippen LogP contribution in [0.1, 0.15) is 47.6 Å². The molecular weight excluding hydrogens is 396 g/mol. The minimum atomic E-state index is -0.342. The summed E-state index contributed by atoms with van der Waals surface area (Å²) in [4.78, 5) is 28.4. The Morgan fingerprint density at radius 3 is 1.97 bits per heavy atom. The Morgan fingerprint density at radius 2 is 1.38 bits per heavy atom. The second kappa shape index (κ2) is 8.46. The molecular formula is C28H28N2O2. The molecule has 0 saturated heterocycles. The first-order valence-corrected chi connectivity index (χ1v) is 10.9. The van der Waals surface area contributed by atoms with Gasteiger partial charge in [-0.1, -0.05) is 73.5 Å². The van der Waals surface area contributed by atoms with Gasteiger partial charge in [-0.2, -0.15) is 0 Å². The number of nitrogens with one attached hydrogen (secondary N) is 1. The lowest BCUT2D eigenvalue weighted by Crippen LogP contribution is -2.33. The third kappa shape index (κ3) is 3.96. The molecule has 0 spiro atoms. The monoisotopic (exact) mass is 424 g/mol. The van der Waals surface area contributed by atoms with Crippen molar-refractivity contribution in [3.05, 3.63) is 100 Å². The lowest BCUT2D eigenvalue weighted by Gasteiger charge is -2.18. The summed E-state index contributed by atoms with van der Waals surface area (Å²) in [5, 5.41) is 3.25. The number of anilines is 2. The van der Waals surface area contributed by atoms with E-state index < -0.39 is 0 Å². The number of hydrogen-bond donors (Lipinski definition) is 1. The summed E-state index contributed by atoms with van der Waals surface area (Å²) in [7, 11) is 0. The molecule has 162 valence electrons. The van der Waals surface area contributed by atoms with Crippen molar-refractivity contribution in [2.45, 2.75) is 40.5 Å². The maximum absolute atomic E-state index is 13.6. The molecule has 4 rings (SSSR count). The van der Waals surface area contributed by atoms with Gasteiger partial charge in [-0.25, -0.2) is 4.90 Å². The minimum absolute atomic E-state index is 0.302. The highest BCUT2D eigenvalue weighted by Crippen LogP contribution is 2.35. The van der Waals surface area contributed by atoms with Gasteiger partial charge in [0.15, 0.2) is 0 Å². The molecule has 1 aliphatic rings. The average molecular weight is 425 g/mol. The van der Waals surface area contributed by atoms with Crippen molar-refractivity contribution in [2.24, 2.45) is 0 Å². The van der Waals surface area contributed by atoms with Crippen LogP contribution in [-0.2, 0) is 9.59 Å². The standard InChI is InChI=1S/C28H28N2O2/c1-17(2)21-11-13-23(14-12-21)29-26-25(22-9-6-18(3)7-10-22)27(31)30(28(26)32)24-15-8-19(4)16-20(24)5/h6-17,29H,1-5H3. The van der Waals surface area contributed by atoms with Crippen molar-refractivity contribution in [1.29, 1.82) is 0 Å². The van der Waals surface area contributed by atoms with E-state index in [2.05, 4.69) is 19.2 Å². The first-order chi connectivity index (χ1) is 15.3. The van der Waals surface area contributed by atoms with Crippen LogP contribution in [0.2, 0.25) is 0 Å². The van der Waals surface area contributed by atoms with Gasteiger partial charge in [0, 0.05) is 5.69 Å². The molecule has 4 heteroatoms. The molecule has 1 aliphatic heterocycles. The average Bonchev–Trinajstić information content (AvgIpc) is 2.99. The van der Waals surface area contributed by atoms with Gasteiger partial charge in [0.1, 0.15) is 5.70 Å². The maximum Gasteiger partial charge on any atom is 0.282 e. The van der Waals surface area contributed by atoms with Crippen molar-refractivity contribution in [3.63, 3.8) is 0 Å². The highest BCUT2D eigenvalue weighted by molar-refractivity contribution is 6.46. The molecule has 3 aromatic rings. The molecule has 0 bridgehead atoms. The normalized spacial score (nSPS) is 14.0. The third-order valence-electron chi connectivity index (χ3n) is 5.86. The zero-order chi connectivity index (χ0) is 23.0. The van der Waals surface area contributed by atoms with Gasteiger partial charge < -0.3 is 5.32 Å². The largest absolute Gasteiger partial charge is 0.350 e. The topological polar surface area (TPSA) is 49.4 Å². The molecule has 0 fully saturated rings. The Balaban J connectivity index is 1.80. The molecule has 32 heavy (non-hydrogen) atoms. The van der Waals surface area contributed by atoms with Gasteiger partial charge in [0.25, 0.3) is 11.8 Å². The zero-order valence-corrected chi connectivity index (χ0v) is 19.2. The summed E-state index contributed by atoms with van der Waals surface area (Å²) in [6, 6.07) is 21.4. The van der Waals surface area contributed by atoms with E-state index in [1.807, 2.05) is 87.5 Å². The number of carbonyl (C=O) groups is 2. The van der Waals surface area contributed by atoms with Gasteiger partial charge >= 0.3 is 0 Å². The first-order valence-electron chi connectivity index (χ1n) is 10.9. The van der Waals surface area contributed by atoms with Crippen LogP contribution >= 0.6 is 0 Å². The number of amides is 2. The molecule has 4 nitrogen and oxygen atoms in total. The number of imide groups is 1. The SMILES string of the molecule is Cc1ccc(C2=C(Nc3ccc(C(C)C)cc3)C(=O)N(c3ccc(C)cc3C)C2=O)cc1. The van der Waals surface area contributed by atoms with E-state index in [0.717, 1.165) is 27.9 Å². The molecule has 0 unspecified atom stereocenters. The summed E-state index contributed by atoms with van der Waals surface area (Å²) in [6.07, 6.45) is 0. The Labute approximate surface area is 189 Å². The Morgan fingerprint density at radius 1 is 0.750 bits per heavy atom. The van der Waals surface area contributed by atoms with Gasteiger partial charge in [0.2, 0.25) is 0 Å². The van der Waals surface area contributed by atoms with Crippen LogP contribution in [0.4, 0.5) is 11.4 Å². The van der Waals surface area contributed by atoms with E-state index >= 15 is 0 Å². The summed E-state index contributed by atoms with van der Waals surface area (Å²) in [5.74, 6) is -0.237. The van der Waals surface area contributed by atoms with E-state index in [1.54, 1.807) is 0 Å². The van der Waals surface area contributed by atoms with Crippen molar-refractivity contribution in [2.75, 3.05) is 10.2 Å². The molecule has 3 aromatic carbocycles. The maximum atomic E-state index is 13.6. The summed E-state index contributed by atoms with van der Waals surface area (Å²) < 4.78 is 0. The van der Waals surface area contributed by atoms with Crippen molar-refractivity contribution >= 4 is 28.8 Å². The Hall–Kier alpha value is -3.66. The second-order valence-corrected chi connectivity index (χ2v) is 8.75. The van der Waals surface area contributed by atoms with Crippen LogP contribution in [0.25, 0.3) is 5.57 Å².